The van der Waals surface area contributed by atoms with Gasteiger partial charge in [0, 0.05) is 5.56 Å². The maximum absolute atomic E-state index is 10.0. The Bertz CT molecular complexity index is 584. The smallest absolute Gasteiger partial charge is 0.141 e. The van der Waals surface area contributed by atoms with Crippen molar-refractivity contribution in [2.24, 2.45) is 0 Å². The fourth-order valence-corrected chi connectivity index (χ4v) is 2.32. The van der Waals surface area contributed by atoms with E-state index in [2.05, 4.69) is 15.9 Å². The van der Waals surface area contributed by atoms with E-state index in [0.29, 0.717) is 17.9 Å². The summed E-state index contributed by atoms with van der Waals surface area (Å²) in [7, 11) is 1.62. The zero-order chi connectivity index (χ0) is 14.5. The van der Waals surface area contributed by atoms with E-state index in [9.17, 15) is 5.11 Å². The van der Waals surface area contributed by atoms with E-state index in [4.69, 9.17) is 9.47 Å². The maximum Gasteiger partial charge on any atom is 0.141 e. The molecule has 0 amide bonds. The van der Waals surface area contributed by atoms with Crippen molar-refractivity contribution >= 4 is 15.9 Å². The molecule has 0 heterocycles. The summed E-state index contributed by atoms with van der Waals surface area (Å²) in [5, 5.41) is 10.0. The van der Waals surface area contributed by atoms with Crippen molar-refractivity contribution in [1.29, 1.82) is 0 Å². The van der Waals surface area contributed by atoms with Crippen LogP contribution >= 0.6 is 15.9 Å². The van der Waals surface area contributed by atoms with Gasteiger partial charge in [0.25, 0.3) is 0 Å². The molecule has 3 nitrogen and oxygen atoms in total. The predicted octanol–water partition coefficient (Wildman–Crippen LogP) is 4.69. The standard InChI is InChI=1S/C16H17BrO3/c1-3-14(18)12-6-4-5-7-15(12)20-16-9-8-11(19-2)10-13(16)17/h4-10,14,18H,3H2,1-2H3/t14-/m1/s1. The Morgan fingerprint density at radius 3 is 2.55 bits per heavy atom. The summed E-state index contributed by atoms with van der Waals surface area (Å²) < 4.78 is 11.9. The molecular formula is C16H17BrO3. The van der Waals surface area contributed by atoms with Crippen molar-refractivity contribution in [1.82, 2.24) is 0 Å². The molecule has 0 fully saturated rings. The van der Waals surface area contributed by atoms with Gasteiger partial charge in [-0.15, -0.1) is 0 Å². The van der Waals surface area contributed by atoms with Crippen LogP contribution in [0, 0.1) is 0 Å². The molecule has 1 atom stereocenters. The molecule has 20 heavy (non-hydrogen) atoms. The normalized spacial score (nSPS) is 12.0. The van der Waals surface area contributed by atoms with Crippen molar-refractivity contribution in [3.63, 3.8) is 0 Å². The number of ether oxygens (including phenoxy) is 2. The molecule has 2 aromatic rings. The van der Waals surface area contributed by atoms with Crippen molar-refractivity contribution < 1.29 is 14.6 Å². The molecule has 0 spiro atoms. The van der Waals surface area contributed by atoms with Gasteiger partial charge in [0.05, 0.1) is 17.7 Å². The topological polar surface area (TPSA) is 38.7 Å². The first kappa shape index (κ1) is 14.9. The SMILES string of the molecule is CC[C@@H](O)c1ccccc1Oc1ccc(OC)cc1Br. The van der Waals surface area contributed by atoms with E-state index in [0.717, 1.165) is 15.8 Å². The van der Waals surface area contributed by atoms with Crippen LogP contribution in [0.15, 0.2) is 46.9 Å². The van der Waals surface area contributed by atoms with E-state index in [1.807, 2.05) is 49.4 Å². The number of para-hydroxylation sites is 1. The number of halogens is 1. The summed E-state index contributed by atoms with van der Waals surface area (Å²) in [6.45, 7) is 1.94. The third kappa shape index (κ3) is 3.32. The highest BCUT2D eigenvalue weighted by molar-refractivity contribution is 9.10. The van der Waals surface area contributed by atoms with Gasteiger partial charge in [-0.1, -0.05) is 25.1 Å². The Balaban J connectivity index is 2.30. The first-order chi connectivity index (χ1) is 9.65. The van der Waals surface area contributed by atoms with Crippen molar-refractivity contribution in [3.8, 4) is 17.2 Å². The minimum Gasteiger partial charge on any atom is -0.497 e. The molecule has 0 aliphatic rings. The molecule has 0 radical (unpaired) electrons. The monoisotopic (exact) mass is 336 g/mol. The van der Waals surface area contributed by atoms with Crippen molar-refractivity contribution in [3.05, 3.63) is 52.5 Å². The fraction of sp³-hybridized carbons (Fsp3) is 0.250. The zero-order valence-electron chi connectivity index (χ0n) is 11.5. The molecule has 4 heteroatoms. The van der Waals surface area contributed by atoms with Crippen LogP contribution in [-0.4, -0.2) is 12.2 Å². The maximum atomic E-state index is 10.0. The Morgan fingerprint density at radius 2 is 1.90 bits per heavy atom. The summed E-state index contributed by atoms with van der Waals surface area (Å²) in [4.78, 5) is 0. The van der Waals surface area contributed by atoms with Crippen molar-refractivity contribution in [2.75, 3.05) is 7.11 Å². The highest BCUT2D eigenvalue weighted by Crippen LogP contribution is 2.36. The highest BCUT2D eigenvalue weighted by atomic mass is 79.9. The lowest BCUT2D eigenvalue weighted by Gasteiger charge is -2.15. The van der Waals surface area contributed by atoms with Crippen LogP contribution in [0.4, 0.5) is 0 Å². The lowest BCUT2D eigenvalue weighted by Crippen LogP contribution is -1.99. The second-order valence-corrected chi connectivity index (χ2v) is 5.21. The molecule has 0 aliphatic carbocycles. The number of rotatable bonds is 5. The number of hydrogen-bond donors (Lipinski definition) is 1. The Morgan fingerprint density at radius 1 is 1.15 bits per heavy atom. The highest BCUT2D eigenvalue weighted by Gasteiger charge is 2.13. The zero-order valence-corrected chi connectivity index (χ0v) is 13.1. The summed E-state index contributed by atoms with van der Waals surface area (Å²) in [6.07, 6.45) is 0.118. The molecule has 1 N–H and O–H groups in total. The molecule has 2 aromatic carbocycles. The lowest BCUT2D eigenvalue weighted by atomic mass is 10.1. The van der Waals surface area contributed by atoms with Gasteiger partial charge in [-0.3, -0.25) is 0 Å². The van der Waals surface area contributed by atoms with Gasteiger partial charge in [0.15, 0.2) is 0 Å². The largest absolute Gasteiger partial charge is 0.497 e. The summed E-state index contributed by atoms with van der Waals surface area (Å²) in [5.41, 5.74) is 0.790. The first-order valence-corrected chi connectivity index (χ1v) is 7.23. The van der Waals surface area contributed by atoms with Crippen LogP contribution in [0.25, 0.3) is 0 Å². The molecule has 0 saturated carbocycles. The average molecular weight is 337 g/mol. The van der Waals surface area contributed by atoms with Gasteiger partial charge in [0.1, 0.15) is 17.2 Å². The van der Waals surface area contributed by atoms with Gasteiger partial charge in [0.2, 0.25) is 0 Å². The second-order valence-electron chi connectivity index (χ2n) is 4.36. The molecule has 0 aliphatic heterocycles. The third-order valence-electron chi connectivity index (χ3n) is 3.02. The Kier molecular flexibility index (Phi) is 5.04. The molecule has 106 valence electrons. The molecule has 0 saturated heterocycles. The fourth-order valence-electron chi connectivity index (χ4n) is 1.88. The predicted molar refractivity (Wildman–Crippen MR) is 82.5 cm³/mol. The number of aliphatic hydroxyl groups excluding tert-OH is 1. The molecule has 2 rings (SSSR count). The number of aliphatic hydroxyl groups is 1. The Labute approximate surface area is 127 Å². The summed E-state index contributed by atoms with van der Waals surface area (Å²) in [6, 6.07) is 13.0. The third-order valence-corrected chi connectivity index (χ3v) is 3.64. The van der Waals surface area contributed by atoms with Crippen LogP contribution in [0.2, 0.25) is 0 Å². The summed E-state index contributed by atoms with van der Waals surface area (Å²) >= 11 is 3.46. The summed E-state index contributed by atoms with van der Waals surface area (Å²) in [5.74, 6) is 2.10. The van der Waals surface area contributed by atoms with Crippen LogP contribution in [0.5, 0.6) is 17.2 Å². The lowest BCUT2D eigenvalue weighted by molar-refractivity contribution is 0.170. The first-order valence-electron chi connectivity index (χ1n) is 6.44. The van der Waals surface area contributed by atoms with Crippen LogP contribution < -0.4 is 9.47 Å². The van der Waals surface area contributed by atoms with Gasteiger partial charge in [-0.05, 0) is 46.6 Å². The molecular weight excluding hydrogens is 320 g/mol. The van der Waals surface area contributed by atoms with Gasteiger partial charge >= 0.3 is 0 Å². The van der Waals surface area contributed by atoms with Crippen LogP contribution in [-0.2, 0) is 0 Å². The molecule has 0 aromatic heterocycles. The van der Waals surface area contributed by atoms with Crippen LogP contribution in [0.1, 0.15) is 25.0 Å². The van der Waals surface area contributed by atoms with E-state index in [1.165, 1.54) is 0 Å². The van der Waals surface area contributed by atoms with E-state index in [1.54, 1.807) is 7.11 Å². The van der Waals surface area contributed by atoms with E-state index < -0.39 is 6.10 Å². The van der Waals surface area contributed by atoms with E-state index in [-0.39, 0.29) is 0 Å². The van der Waals surface area contributed by atoms with Gasteiger partial charge in [-0.2, -0.15) is 0 Å². The van der Waals surface area contributed by atoms with Gasteiger partial charge in [-0.25, -0.2) is 0 Å². The van der Waals surface area contributed by atoms with Gasteiger partial charge < -0.3 is 14.6 Å². The van der Waals surface area contributed by atoms with E-state index >= 15 is 0 Å². The molecule has 0 bridgehead atoms. The number of methoxy groups -OCH3 is 1. The van der Waals surface area contributed by atoms with Crippen molar-refractivity contribution in [2.45, 2.75) is 19.4 Å². The number of benzene rings is 2. The quantitative estimate of drug-likeness (QED) is 0.860. The minimum absolute atomic E-state index is 0.525. The molecule has 0 unspecified atom stereocenters. The second kappa shape index (κ2) is 6.77. The Hall–Kier alpha value is -1.52. The van der Waals surface area contributed by atoms with Crippen LogP contribution in [0.3, 0.4) is 0 Å². The minimum atomic E-state index is -0.525. The average Bonchev–Trinajstić information content (AvgIpc) is 2.49. The number of hydrogen-bond acceptors (Lipinski definition) is 3.